The Morgan fingerprint density at radius 2 is 0.857 bits per heavy atom. The second-order valence-corrected chi connectivity index (χ2v) is 2.81. The number of alkyl halides is 4. The molecule has 0 bridgehead atoms. The predicted molar refractivity (Wildman–Crippen MR) is 105 cm³/mol. The van der Waals surface area contributed by atoms with Gasteiger partial charge in [-0.1, -0.05) is 88.3 Å². The molecule has 0 saturated heterocycles. The van der Waals surface area contributed by atoms with E-state index in [9.17, 15) is 13.2 Å². The van der Waals surface area contributed by atoms with Crippen LogP contribution >= 0.6 is 34.8 Å². The maximum absolute atomic E-state index is 10.9. The number of allylic oxidation sites excluding steroid dienone is 2. The Balaban J connectivity index is -0.0000000101. The second-order valence-electron chi connectivity index (χ2n) is 1.55. The molecule has 0 atom stereocenters. The number of hydrogen-bond acceptors (Lipinski definition) is 0. The third kappa shape index (κ3) is 102. The van der Waals surface area contributed by atoms with E-state index in [1.165, 1.54) is 0 Å². The van der Waals surface area contributed by atoms with Crippen molar-refractivity contribution in [3.8, 4) is 0 Å². The maximum Gasteiger partial charge on any atom is 0.426 e. The lowest BCUT2D eigenvalue weighted by atomic mass is 10.6. The molecule has 0 N–H and O–H groups in total. The summed E-state index contributed by atoms with van der Waals surface area (Å²) in [7, 11) is 0. The zero-order chi connectivity index (χ0) is 12.4. The lowest BCUT2D eigenvalue weighted by Crippen LogP contribution is -2.04. The summed E-state index contributed by atoms with van der Waals surface area (Å²) in [4.78, 5) is 0. The van der Waals surface area contributed by atoms with Crippen LogP contribution in [0.2, 0.25) is 0 Å². The van der Waals surface area contributed by atoms with Gasteiger partial charge < -0.3 is 0 Å². The number of rotatable bonds is 1. The third-order valence-electron chi connectivity index (χ3n) is 0.453. The number of halogens is 6. The first-order chi connectivity index (χ1) is 6.21. The van der Waals surface area contributed by atoms with Crippen LogP contribution < -0.4 is 0 Å². The van der Waals surface area contributed by atoms with E-state index in [0.717, 1.165) is 0 Å². The summed E-state index contributed by atoms with van der Waals surface area (Å²) in [6.45, 7) is 11.8. The van der Waals surface area contributed by atoms with Crippen LogP contribution in [0.25, 0.3) is 0 Å². The standard InChI is InChI=1S/C3H4Cl2.C3H2ClF3.C2H4.7CH4/c1-3(5)2-4;1-2(4)3(5,6)7;1-2;;;;;;;/h1-2H2;1H2;1-2H2;7*1H4. The van der Waals surface area contributed by atoms with Crippen LogP contribution in [0.3, 0.4) is 0 Å². The molecule has 0 nitrogen and oxygen atoms in total. The Hall–Kier alpha value is -0.120. The quantitative estimate of drug-likeness (QED) is 0.313. The summed E-state index contributed by atoms with van der Waals surface area (Å²) >= 11 is 14.7. The normalized spacial score (nSPS) is 5.81. The van der Waals surface area contributed by atoms with Crippen LogP contribution in [0.1, 0.15) is 52.0 Å². The highest BCUT2D eigenvalue weighted by Gasteiger charge is 2.30. The second kappa shape index (κ2) is 42.7. The van der Waals surface area contributed by atoms with Gasteiger partial charge in [0.2, 0.25) is 0 Å². The smallest absolute Gasteiger partial charge is 0.165 e. The van der Waals surface area contributed by atoms with E-state index in [2.05, 4.69) is 37.9 Å². The van der Waals surface area contributed by atoms with Gasteiger partial charge in [0.15, 0.2) is 0 Å². The Bertz CT molecular complexity index is 179. The first-order valence-electron chi connectivity index (χ1n) is 3.02. The van der Waals surface area contributed by atoms with E-state index in [4.69, 9.17) is 23.2 Å². The Kier molecular flexibility index (Phi) is 142. The van der Waals surface area contributed by atoms with Gasteiger partial charge in [0.25, 0.3) is 0 Å². The van der Waals surface area contributed by atoms with Crippen LogP contribution in [0.5, 0.6) is 0 Å². The molecule has 0 unspecified atom stereocenters. The molecule has 0 heterocycles. The molecule has 0 fully saturated rings. The van der Waals surface area contributed by atoms with Gasteiger partial charge in [-0.3, -0.25) is 0 Å². The number of hydrogen-bond donors (Lipinski definition) is 0. The summed E-state index contributed by atoms with van der Waals surface area (Å²) < 4.78 is 32.8. The van der Waals surface area contributed by atoms with Gasteiger partial charge in [-0.05, 0) is 0 Å². The van der Waals surface area contributed by atoms with Crippen molar-refractivity contribution in [2.24, 2.45) is 0 Å². The van der Waals surface area contributed by atoms with Crippen molar-refractivity contribution in [2.45, 2.75) is 58.2 Å². The molecule has 0 rings (SSSR count). The molecular formula is C15H38Cl3F3. The van der Waals surface area contributed by atoms with Crippen LogP contribution in [-0.2, 0) is 0 Å². The van der Waals surface area contributed by atoms with Crippen molar-refractivity contribution >= 4 is 34.8 Å². The SMILES string of the molecule is C.C.C.C.C.C.C.C=C.C=C(Cl)C(F)(F)F.C=C(Cl)CCl. The molecule has 6 heteroatoms. The van der Waals surface area contributed by atoms with Gasteiger partial charge >= 0.3 is 6.18 Å². The topological polar surface area (TPSA) is 0 Å². The molecule has 0 spiro atoms. The van der Waals surface area contributed by atoms with Crippen LogP contribution in [-0.4, -0.2) is 12.1 Å². The van der Waals surface area contributed by atoms with Gasteiger partial charge in [0, 0.05) is 5.03 Å². The lowest BCUT2D eigenvalue weighted by Gasteiger charge is -1.98. The van der Waals surface area contributed by atoms with Crippen LogP contribution in [0, 0.1) is 0 Å². The minimum atomic E-state index is -4.43. The molecule has 0 aliphatic heterocycles. The van der Waals surface area contributed by atoms with E-state index in [0.29, 0.717) is 10.9 Å². The van der Waals surface area contributed by atoms with Gasteiger partial charge in [-0.25, -0.2) is 0 Å². The summed E-state index contributed by atoms with van der Waals surface area (Å²) in [5, 5.41) is -0.792. The monoisotopic (exact) mass is 380 g/mol. The molecule has 21 heavy (non-hydrogen) atoms. The zero-order valence-corrected chi connectivity index (χ0v) is 9.57. The summed E-state index contributed by atoms with van der Waals surface area (Å²) in [6, 6.07) is 0. The van der Waals surface area contributed by atoms with Crippen molar-refractivity contribution in [1.29, 1.82) is 0 Å². The fourth-order valence-electron chi connectivity index (χ4n) is 0. The van der Waals surface area contributed by atoms with Crippen molar-refractivity contribution in [3.63, 3.8) is 0 Å². The van der Waals surface area contributed by atoms with Gasteiger partial charge in [-0.15, -0.1) is 24.8 Å². The molecule has 0 aromatic carbocycles. The minimum Gasteiger partial charge on any atom is -0.165 e. The van der Waals surface area contributed by atoms with Crippen molar-refractivity contribution in [3.05, 3.63) is 36.4 Å². The lowest BCUT2D eigenvalue weighted by molar-refractivity contribution is -0.0841. The molecule has 0 aromatic rings. The average Bonchev–Trinajstić information content (AvgIpc) is 2.07. The highest BCUT2D eigenvalue weighted by molar-refractivity contribution is 6.35. The van der Waals surface area contributed by atoms with Crippen molar-refractivity contribution in [1.82, 2.24) is 0 Å². The highest BCUT2D eigenvalue weighted by Crippen LogP contribution is 2.26. The van der Waals surface area contributed by atoms with Crippen LogP contribution in [0.15, 0.2) is 36.4 Å². The van der Waals surface area contributed by atoms with E-state index < -0.39 is 11.2 Å². The molecule has 0 amide bonds. The molecule has 0 aliphatic rings. The summed E-state index contributed by atoms with van der Waals surface area (Å²) in [6.07, 6.45) is -4.43. The zero-order valence-electron chi connectivity index (χ0n) is 7.30. The van der Waals surface area contributed by atoms with E-state index >= 15 is 0 Å². The predicted octanol–water partition coefficient (Wildman–Crippen LogP) is 9.53. The third-order valence-corrected chi connectivity index (χ3v) is 1.26. The maximum atomic E-state index is 10.9. The van der Waals surface area contributed by atoms with Gasteiger partial charge in [0.1, 0.15) is 5.03 Å². The van der Waals surface area contributed by atoms with E-state index in [-0.39, 0.29) is 52.0 Å². The largest absolute Gasteiger partial charge is 0.426 e. The fourth-order valence-corrected chi connectivity index (χ4v) is 0. The van der Waals surface area contributed by atoms with Crippen molar-refractivity contribution < 1.29 is 13.2 Å². The van der Waals surface area contributed by atoms with Gasteiger partial charge in [0.05, 0.1) is 5.88 Å². The van der Waals surface area contributed by atoms with Crippen LogP contribution in [0.4, 0.5) is 13.2 Å². The summed E-state index contributed by atoms with van der Waals surface area (Å²) in [5.74, 6) is 0.349. The Morgan fingerprint density at radius 1 is 0.762 bits per heavy atom. The molecule has 0 saturated carbocycles. The first kappa shape index (κ1) is 69.7. The average molecular weight is 382 g/mol. The first-order valence-corrected chi connectivity index (χ1v) is 4.31. The summed E-state index contributed by atoms with van der Waals surface area (Å²) in [5.41, 5.74) is 0. The molecular weight excluding hydrogens is 344 g/mol. The minimum absolute atomic E-state index is 0. The molecule has 0 radical (unpaired) electrons. The highest BCUT2D eigenvalue weighted by atomic mass is 35.5. The fraction of sp³-hybridized carbons (Fsp3) is 0.600. The molecule has 140 valence electrons. The van der Waals surface area contributed by atoms with E-state index in [1.807, 2.05) is 0 Å². The Labute approximate surface area is 148 Å². The van der Waals surface area contributed by atoms with Crippen molar-refractivity contribution in [2.75, 3.05) is 5.88 Å². The molecule has 0 aliphatic carbocycles. The van der Waals surface area contributed by atoms with E-state index in [1.54, 1.807) is 0 Å². The molecule has 0 aromatic heterocycles. The van der Waals surface area contributed by atoms with Gasteiger partial charge in [-0.2, -0.15) is 13.2 Å². The Morgan fingerprint density at radius 3 is 0.857 bits per heavy atom.